The second-order valence-corrected chi connectivity index (χ2v) is 6.66. The average molecular weight is 289 g/mol. The molecule has 3 atom stereocenters. The van der Waals surface area contributed by atoms with Gasteiger partial charge >= 0.3 is 0 Å². The molecule has 0 aliphatic carbocycles. The maximum atomic E-state index is 4.21. The van der Waals surface area contributed by atoms with Gasteiger partial charge in [0.05, 0.1) is 0 Å². The Morgan fingerprint density at radius 2 is 1.62 bits per heavy atom. The van der Waals surface area contributed by atoms with Gasteiger partial charge in [0.1, 0.15) is 0 Å². The van der Waals surface area contributed by atoms with Crippen LogP contribution in [0.25, 0.3) is 0 Å². The molecule has 0 rings (SSSR count). The van der Waals surface area contributed by atoms with E-state index in [0.29, 0.717) is 11.8 Å². The molecule has 0 radical (unpaired) electrons. The van der Waals surface area contributed by atoms with Crippen molar-refractivity contribution in [1.29, 1.82) is 0 Å². The summed E-state index contributed by atoms with van der Waals surface area (Å²) >= 11 is 0. The summed E-state index contributed by atoms with van der Waals surface area (Å²) in [6.07, 6.45) is 8.01. The van der Waals surface area contributed by atoms with Crippen LogP contribution >= 0.6 is 0 Å². The molecule has 0 aromatic rings. The molecular weight excluding hydrogens is 252 g/mol. The zero-order valence-electron chi connectivity index (χ0n) is 15.4. The van der Waals surface area contributed by atoms with Crippen LogP contribution in [0.5, 0.6) is 0 Å². The summed E-state index contributed by atoms with van der Waals surface area (Å²) in [7, 11) is 0. The van der Waals surface area contributed by atoms with Gasteiger partial charge in [0.15, 0.2) is 0 Å². The largest absolute Gasteiger partial charge is 0.103 e. The lowest BCUT2D eigenvalue weighted by Crippen LogP contribution is -2.12. The smallest absolute Gasteiger partial charge is 0.0153 e. The summed E-state index contributed by atoms with van der Waals surface area (Å²) in [5, 5.41) is 0. The Hall–Kier alpha value is -1.04. The third-order valence-corrected chi connectivity index (χ3v) is 4.51. The third-order valence-electron chi connectivity index (χ3n) is 4.51. The van der Waals surface area contributed by atoms with E-state index < -0.39 is 0 Å². The highest BCUT2D eigenvalue weighted by molar-refractivity contribution is 5.48. The molecule has 0 nitrogen and oxygen atoms in total. The topological polar surface area (TPSA) is 0 Å². The molecule has 0 saturated heterocycles. The fourth-order valence-corrected chi connectivity index (χ4v) is 3.05. The monoisotopic (exact) mass is 288 g/mol. The van der Waals surface area contributed by atoms with E-state index >= 15 is 0 Å². The van der Waals surface area contributed by atoms with Crippen LogP contribution in [0.2, 0.25) is 0 Å². The van der Waals surface area contributed by atoms with E-state index in [1.165, 1.54) is 35.1 Å². The Labute approximate surface area is 133 Å². The summed E-state index contributed by atoms with van der Waals surface area (Å²) in [4.78, 5) is 0. The van der Waals surface area contributed by atoms with Gasteiger partial charge in [0, 0.05) is 0 Å². The number of rotatable bonds is 9. The van der Waals surface area contributed by atoms with Gasteiger partial charge in [-0.3, -0.25) is 0 Å². The first kappa shape index (κ1) is 20.0. The molecule has 0 heteroatoms. The summed E-state index contributed by atoms with van der Waals surface area (Å²) in [5.74, 6) is 1.87. The number of allylic oxidation sites excluding steroid dienone is 6. The normalized spacial score (nSPS) is 16.0. The highest BCUT2D eigenvalue weighted by atomic mass is 14.2. The van der Waals surface area contributed by atoms with Crippen molar-refractivity contribution >= 4 is 0 Å². The molecule has 3 unspecified atom stereocenters. The summed E-state index contributed by atoms with van der Waals surface area (Å²) < 4.78 is 0. The Kier molecular flexibility index (Phi) is 9.33. The van der Waals surface area contributed by atoms with Crippen molar-refractivity contribution in [2.45, 2.75) is 67.7 Å². The van der Waals surface area contributed by atoms with Gasteiger partial charge in [-0.25, -0.2) is 0 Å². The van der Waals surface area contributed by atoms with Crippen molar-refractivity contribution in [3.8, 4) is 0 Å². The Balaban J connectivity index is 5.87. The van der Waals surface area contributed by atoms with E-state index in [1.54, 1.807) is 0 Å². The van der Waals surface area contributed by atoms with Gasteiger partial charge in [-0.05, 0) is 62.5 Å². The zero-order valence-corrected chi connectivity index (χ0v) is 15.4. The molecule has 0 aromatic heterocycles. The van der Waals surface area contributed by atoms with Crippen LogP contribution in [0.1, 0.15) is 67.7 Å². The first-order valence-corrected chi connectivity index (χ1v) is 8.46. The van der Waals surface area contributed by atoms with Gasteiger partial charge in [-0.1, -0.05) is 64.0 Å². The summed E-state index contributed by atoms with van der Waals surface area (Å²) in [6.45, 7) is 23.9. The fraction of sp³-hybridized carbons (Fsp3) is 0.619. The lowest BCUT2D eigenvalue weighted by molar-refractivity contribution is 0.402. The Bertz CT molecular complexity index is 402. The van der Waals surface area contributed by atoms with Crippen molar-refractivity contribution in [3.05, 3.63) is 47.6 Å². The molecule has 0 saturated carbocycles. The van der Waals surface area contributed by atoms with Crippen LogP contribution < -0.4 is 0 Å². The molecule has 120 valence electrons. The van der Waals surface area contributed by atoms with Gasteiger partial charge in [-0.2, -0.15) is 0 Å². The molecule has 0 aliphatic heterocycles. The molecule has 0 fully saturated rings. The van der Waals surface area contributed by atoms with Crippen LogP contribution in [-0.4, -0.2) is 0 Å². The second kappa shape index (κ2) is 9.82. The average Bonchev–Trinajstić information content (AvgIpc) is 2.41. The Morgan fingerprint density at radius 1 is 1.05 bits per heavy atom. The van der Waals surface area contributed by atoms with Crippen molar-refractivity contribution in [2.24, 2.45) is 17.8 Å². The van der Waals surface area contributed by atoms with E-state index in [0.717, 1.165) is 12.3 Å². The minimum Gasteiger partial charge on any atom is -0.103 e. The van der Waals surface area contributed by atoms with E-state index in [9.17, 15) is 0 Å². The van der Waals surface area contributed by atoms with Crippen molar-refractivity contribution < 1.29 is 0 Å². The summed E-state index contributed by atoms with van der Waals surface area (Å²) in [5.41, 5.74) is 5.38. The summed E-state index contributed by atoms with van der Waals surface area (Å²) in [6, 6.07) is 0. The second-order valence-electron chi connectivity index (χ2n) is 6.66. The van der Waals surface area contributed by atoms with Gasteiger partial charge in [0.2, 0.25) is 0 Å². The minimum absolute atomic E-state index is 0.502. The highest BCUT2D eigenvalue weighted by Gasteiger charge is 2.19. The van der Waals surface area contributed by atoms with Gasteiger partial charge in [0.25, 0.3) is 0 Å². The molecule has 0 heterocycles. The zero-order chi connectivity index (χ0) is 16.6. The predicted octanol–water partition coefficient (Wildman–Crippen LogP) is 7.11. The molecular formula is C21H36. The SMILES string of the molecule is C=CCC(C)C(=CC(CC)C(C)CC)C(C(=C)C)=C(C)C. The maximum Gasteiger partial charge on any atom is -0.0153 e. The van der Waals surface area contributed by atoms with Gasteiger partial charge in [-0.15, -0.1) is 6.58 Å². The Morgan fingerprint density at radius 3 is 1.95 bits per heavy atom. The minimum atomic E-state index is 0.502. The van der Waals surface area contributed by atoms with E-state index in [2.05, 4.69) is 67.7 Å². The molecule has 0 N–H and O–H groups in total. The fourth-order valence-electron chi connectivity index (χ4n) is 3.05. The van der Waals surface area contributed by atoms with Crippen LogP contribution in [0, 0.1) is 17.8 Å². The van der Waals surface area contributed by atoms with E-state index in [-0.39, 0.29) is 0 Å². The van der Waals surface area contributed by atoms with Crippen molar-refractivity contribution in [3.63, 3.8) is 0 Å². The number of hydrogen-bond acceptors (Lipinski definition) is 0. The standard InChI is InChI=1S/C21H36/c1-10-13-18(9)20(21(15(4)5)16(6)7)14-19(12-3)17(8)11-2/h10,14,17-19H,1,4,11-13H2,2-3,5-9H3. The molecule has 21 heavy (non-hydrogen) atoms. The van der Waals surface area contributed by atoms with Crippen LogP contribution in [0.4, 0.5) is 0 Å². The highest BCUT2D eigenvalue weighted by Crippen LogP contribution is 2.33. The van der Waals surface area contributed by atoms with Crippen LogP contribution in [0.15, 0.2) is 47.6 Å². The lowest BCUT2D eigenvalue weighted by atomic mass is 9.80. The van der Waals surface area contributed by atoms with E-state index in [1.807, 2.05) is 6.08 Å². The number of hydrogen-bond donors (Lipinski definition) is 0. The molecule has 0 amide bonds. The third kappa shape index (κ3) is 6.08. The quantitative estimate of drug-likeness (QED) is 0.313. The molecule has 0 aliphatic rings. The van der Waals surface area contributed by atoms with Gasteiger partial charge < -0.3 is 0 Å². The lowest BCUT2D eigenvalue weighted by Gasteiger charge is -2.25. The van der Waals surface area contributed by atoms with Crippen LogP contribution in [-0.2, 0) is 0 Å². The first-order valence-electron chi connectivity index (χ1n) is 8.46. The molecule has 0 spiro atoms. The predicted molar refractivity (Wildman–Crippen MR) is 98.5 cm³/mol. The molecule has 0 aromatic carbocycles. The first-order chi connectivity index (χ1) is 9.79. The van der Waals surface area contributed by atoms with E-state index in [4.69, 9.17) is 0 Å². The van der Waals surface area contributed by atoms with Crippen molar-refractivity contribution in [2.75, 3.05) is 0 Å². The van der Waals surface area contributed by atoms with Crippen molar-refractivity contribution in [1.82, 2.24) is 0 Å². The van der Waals surface area contributed by atoms with Crippen LogP contribution in [0.3, 0.4) is 0 Å². The molecule has 0 bridgehead atoms. The maximum absolute atomic E-state index is 4.21.